The minimum Gasteiger partial charge on any atom is -0.481 e. The number of carboxylic acid groups (broad SMARTS) is 1. The number of rotatable bonds is 6. The van der Waals surface area contributed by atoms with Crippen LogP contribution in [-0.4, -0.2) is 33.7 Å². The van der Waals surface area contributed by atoms with Crippen molar-refractivity contribution in [2.24, 2.45) is 5.92 Å². The van der Waals surface area contributed by atoms with Gasteiger partial charge in [0.25, 0.3) is 11.6 Å². The van der Waals surface area contributed by atoms with E-state index in [1.54, 1.807) is 13.0 Å². The number of carboxylic acids is 1. The highest BCUT2D eigenvalue weighted by atomic mass is 16.5. The molecular formula is C14H17N3O4. The van der Waals surface area contributed by atoms with Gasteiger partial charge in [-0.1, -0.05) is 18.5 Å². The Kier molecular flexibility index (Phi) is 4.52. The number of hydrogen-bond donors (Lipinski definition) is 2. The molecule has 2 aromatic rings. The predicted molar refractivity (Wildman–Crippen MR) is 74.9 cm³/mol. The van der Waals surface area contributed by atoms with Crippen molar-refractivity contribution < 1.29 is 19.2 Å². The van der Waals surface area contributed by atoms with Gasteiger partial charge in [0.2, 0.25) is 0 Å². The fourth-order valence-corrected chi connectivity index (χ4v) is 2.05. The van der Waals surface area contributed by atoms with Gasteiger partial charge in [-0.05, 0) is 19.4 Å². The van der Waals surface area contributed by atoms with Gasteiger partial charge in [0, 0.05) is 12.7 Å². The summed E-state index contributed by atoms with van der Waals surface area (Å²) in [6, 6.07) is 1.64. The van der Waals surface area contributed by atoms with Crippen LogP contribution in [0.25, 0.3) is 11.1 Å². The summed E-state index contributed by atoms with van der Waals surface area (Å²) in [5.41, 5.74) is 1.38. The molecule has 2 aromatic heterocycles. The van der Waals surface area contributed by atoms with E-state index in [0.29, 0.717) is 28.8 Å². The second kappa shape index (κ2) is 6.34. The maximum absolute atomic E-state index is 12.1. The van der Waals surface area contributed by atoms with Crippen molar-refractivity contribution in [3.8, 4) is 0 Å². The summed E-state index contributed by atoms with van der Waals surface area (Å²) in [6.45, 7) is 3.77. The molecule has 0 aliphatic rings. The predicted octanol–water partition coefficient (Wildman–Crippen LogP) is 1.76. The lowest BCUT2D eigenvalue weighted by molar-refractivity contribution is -0.141. The molecule has 0 bridgehead atoms. The third-order valence-corrected chi connectivity index (χ3v) is 3.27. The first-order valence-corrected chi connectivity index (χ1v) is 6.76. The Bertz CT molecular complexity index is 665. The van der Waals surface area contributed by atoms with Crippen LogP contribution in [0.4, 0.5) is 0 Å². The van der Waals surface area contributed by atoms with Crippen molar-refractivity contribution in [1.82, 2.24) is 15.5 Å². The summed E-state index contributed by atoms with van der Waals surface area (Å²) >= 11 is 0. The summed E-state index contributed by atoms with van der Waals surface area (Å²) in [4.78, 5) is 27.1. The number of nitrogens with zero attached hydrogens (tertiary/aromatic N) is 2. The first-order chi connectivity index (χ1) is 10.0. The van der Waals surface area contributed by atoms with Crippen molar-refractivity contribution in [2.75, 3.05) is 6.54 Å². The Hall–Kier alpha value is -2.44. The Labute approximate surface area is 121 Å². The van der Waals surface area contributed by atoms with E-state index in [2.05, 4.69) is 15.5 Å². The lowest BCUT2D eigenvalue weighted by atomic mass is 10.0. The molecule has 112 valence electrons. The van der Waals surface area contributed by atoms with Crippen LogP contribution in [0.2, 0.25) is 0 Å². The first-order valence-electron chi connectivity index (χ1n) is 6.76. The SMILES string of the molecule is CCCC(CNC(=O)c1cnc2onc(C)c2c1)C(=O)O. The molecule has 7 heteroatoms. The highest BCUT2D eigenvalue weighted by Gasteiger charge is 2.18. The average molecular weight is 291 g/mol. The second-order valence-corrected chi connectivity index (χ2v) is 4.88. The van der Waals surface area contributed by atoms with Crippen LogP contribution in [0.15, 0.2) is 16.8 Å². The van der Waals surface area contributed by atoms with Gasteiger partial charge in [0.1, 0.15) is 0 Å². The molecule has 0 aromatic carbocycles. The molecule has 2 N–H and O–H groups in total. The Balaban J connectivity index is 2.07. The number of pyridine rings is 1. The van der Waals surface area contributed by atoms with Gasteiger partial charge in [-0.3, -0.25) is 9.59 Å². The van der Waals surface area contributed by atoms with Crippen LogP contribution in [0, 0.1) is 12.8 Å². The van der Waals surface area contributed by atoms with Crippen molar-refractivity contribution in [3.63, 3.8) is 0 Å². The van der Waals surface area contributed by atoms with Crippen molar-refractivity contribution in [2.45, 2.75) is 26.7 Å². The van der Waals surface area contributed by atoms with Crippen molar-refractivity contribution >= 4 is 23.0 Å². The van der Waals surface area contributed by atoms with E-state index in [4.69, 9.17) is 9.63 Å². The van der Waals surface area contributed by atoms with Crippen LogP contribution < -0.4 is 5.32 Å². The van der Waals surface area contributed by atoms with Gasteiger partial charge < -0.3 is 14.9 Å². The Morgan fingerprint density at radius 2 is 2.24 bits per heavy atom. The molecule has 1 amide bonds. The standard InChI is InChI=1S/C14H17N3O4/c1-3-4-9(14(19)20)6-15-12(18)10-5-11-8(2)17-21-13(11)16-7-10/h5,7,9H,3-4,6H2,1-2H3,(H,15,18)(H,19,20). The van der Waals surface area contributed by atoms with Crippen LogP contribution in [0.5, 0.6) is 0 Å². The third kappa shape index (κ3) is 3.36. The molecule has 0 saturated carbocycles. The number of aryl methyl sites for hydroxylation is 1. The highest BCUT2D eigenvalue weighted by molar-refractivity contribution is 5.97. The van der Waals surface area contributed by atoms with E-state index in [0.717, 1.165) is 6.42 Å². The van der Waals surface area contributed by atoms with E-state index in [1.165, 1.54) is 6.20 Å². The van der Waals surface area contributed by atoms with Crippen LogP contribution in [0.1, 0.15) is 35.8 Å². The fraction of sp³-hybridized carbons (Fsp3) is 0.429. The molecule has 0 fully saturated rings. The van der Waals surface area contributed by atoms with Gasteiger partial charge in [-0.15, -0.1) is 0 Å². The monoisotopic (exact) mass is 291 g/mol. The number of amides is 1. The van der Waals surface area contributed by atoms with Crippen LogP contribution in [0.3, 0.4) is 0 Å². The molecule has 1 unspecified atom stereocenters. The minimum absolute atomic E-state index is 0.0999. The van der Waals surface area contributed by atoms with E-state index in [1.807, 2.05) is 6.92 Å². The van der Waals surface area contributed by atoms with Gasteiger partial charge in [0.15, 0.2) is 0 Å². The molecule has 0 spiro atoms. The van der Waals surface area contributed by atoms with Gasteiger partial charge in [-0.25, -0.2) is 4.98 Å². The van der Waals surface area contributed by atoms with E-state index in [-0.39, 0.29) is 12.5 Å². The largest absolute Gasteiger partial charge is 0.481 e. The first kappa shape index (κ1) is 15.0. The molecule has 2 heterocycles. The minimum atomic E-state index is -0.902. The van der Waals surface area contributed by atoms with Crippen molar-refractivity contribution in [3.05, 3.63) is 23.5 Å². The van der Waals surface area contributed by atoms with E-state index >= 15 is 0 Å². The summed E-state index contributed by atoms with van der Waals surface area (Å²) in [5, 5.41) is 16.1. The highest BCUT2D eigenvalue weighted by Crippen LogP contribution is 2.16. The van der Waals surface area contributed by atoms with Crippen molar-refractivity contribution in [1.29, 1.82) is 0 Å². The lowest BCUT2D eigenvalue weighted by Crippen LogP contribution is -2.33. The molecule has 0 radical (unpaired) electrons. The maximum atomic E-state index is 12.1. The van der Waals surface area contributed by atoms with Gasteiger partial charge in [0.05, 0.1) is 22.6 Å². The number of aromatic nitrogens is 2. The number of carbonyl (C=O) groups is 2. The zero-order valence-electron chi connectivity index (χ0n) is 11.9. The molecule has 0 aliphatic carbocycles. The number of nitrogens with one attached hydrogen (secondary N) is 1. The summed E-state index contributed by atoms with van der Waals surface area (Å²) < 4.78 is 4.97. The van der Waals surface area contributed by atoms with Crippen LogP contribution in [-0.2, 0) is 4.79 Å². The molecule has 0 aliphatic heterocycles. The zero-order valence-corrected chi connectivity index (χ0v) is 11.9. The van der Waals surface area contributed by atoms with Gasteiger partial charge in [-0.2, -0.15) is 0 Å². The summed E-state index contributed by atoms with van der Waals surface area (Å²) in [6.07, 6.45) is 2.66. The third-order valence-electron chi connectivity index (χ3n) is 3.27. The summed E-state index contributed by atoms with van der Waals surface area (Å²) in [5.74, 6) is -1.83. The van der Waals surface area contributed by atoms with Gasteiger partial charge >= 0.3 is 5.97 Å². The number of carbonyl (C=O) groups excluding carboxylic acids is 1. The number of aliphatic carboxylic acids is 1. The number of fused-ring (bicyclic) bond motifs is 1. The maximum Gasteiger partial charge on any atom is 0.308 e. The average Bonchev–Trinajstić information content (AvgIpc) is 2.84. The Morgan fingerprint density at radius 1 is 1.48 bits per heavy atom. The lowest BCUT2D eigenvalue weighted by Gasteiger charge is -2.12. The fourth-order valence-electron chi connectivity index (χ4n) is 2.05. The van der Waals surface area contributed by atoms with E-state index in [9.17, 15) is 9.59 Å². The molecule has 21 heavy (non-hydrogen) atoms. The van der Waals surface area contributed by atoms with E-state index < -0.39 is 11.9 Å². The molecule has 2 rings (SSSR count). The Morgan fingerprint density at radius 3 is 2.90 bits per heavy atom. The molecule has 1 atom stereocenters. The normalized spacial score (nSPS) is 12.3. The smallest absolute Gasteiger partial charge is 0.308 e. The topological polar surface area (TPSA) is 105 Å². The van der Waals surface area contributed by atoms with Crippen LogP contribution >= 0.6 is 0 Å². The quantitative estimate of drug-likeness (QED) is 0.840. The number of hydrogen-bond acceptors (Lipinski definition) is 5. The molecule has 0 saturated heterocycles. The molecular weight excluding hydrogens is 274 g/mol. The second-order valence-electron chi connectivity index (χ2n) is 4.88. The zero-order chi connectivity index (χ0) is 15.4. The molecule has 7 nitrogen and oxygen atoms in total. The summed E-state index contributed by atoms with van der Waals surface area (Å²) in [7, 11) is 0.